The molecule has 18 heavy (non-hydrogen) atoms. The van der Waals surface area contributed by atoms with Crippen molar-refractivity contribution in [1.29, 1.82) is 0 Å². The Hall–Kier alpha value is -0.810. The van der Waals surface area contributed by atoms with Crippen LogP contribution in [0.15, 0.2) is 0 Å². The lowest BCUT2D eigenvalue weighted by Gasteiger charge is -2.19. The van der Waals surface area contributed by atoms with Gasteiger partial charge in [-0.25, -0.2) is 4.79 Å². The smallest absolute Gasteiger partial charge is 0.317 e. The Morgan fingerprint density at radius 3 is 2.67 bits per heavy atom. The average Bonchev–Trinajstić information content (AvgIpc) is 2.80. The van der Waals surface area contributed by atoms with Gasteiger partial charge in [-0.3, -0.25) is 0 Å². The van der Waals surface area contributed by atoms with Gasteiger partial charge >= 0.3 is 6.03 Å². The van der Waals surface area contributed by atoms with Crippen LogP contribution in [-0.4, -0.2) is 66.8 Å². The van der Waals surface area contributed by atoms with E-state index in [0.717, 1.165) is 25.9 Å². The minimum absolute atomic E-state index is 0.0999. The highest BCUT2D eigenvalue weighted by Crippen LogP contribution is 2.07. The quantitative estimate of drug-likeness (QED) is 0.666. The number of amides is 2. The zero-order chi connectivity index (χ0) is 13.4. The van der Waals surface area contributed by atoms with Crippen molar-refractivity contribution in [1.82, 2.24) is 15.1 Å². The van der Waals surface area contributed by atoms with Crippen LogP contribution in [0.1, 0.15) is 32.6 Å². The predicted molar refractivity (Wildman–Crippen MR) is 72.6 cm³/mol. The van der Waals surface area contributed by atoms with Crippen LogP contribution in [-0.2, 0) is 0 Å². The summed E-state index contributed by atoms with van der Waals surface area (Å²) in [4.78, 5) is 15.6. The molecule has 2 N–H and O–H groups in total. The van der Waals surface area contributed by atoms with Crippen LogP contribution in [0.3, 0.4) is 0 Å². The van der Waals surface area contributed by atoms with E-state index in [4.69, 9.17) is 0 Å². The maximum Gasteiger partial charge on any atom is 0.317 e. The molecule has 0 aliphatic carbocycles. The summed E-state index contributed by atoms with van der Waals surface area (Å²) in [5.41, 5.74) is 0. The number of urea groups is 1. The number of carbonyl (C=O) groups excluding carboxylic acids is 1. The molecule has 5 nitrogen and oxygen atoms in total. The molecule has 1 atom stereocenters. The van der Waals surface area contributed by atoms with E-state index in [2.05, 4.69) is 10.2 Å². The summed E-state index contributed by atoms with van der Waals surface area (Å²) in [5.74, 6) is 0. The van der Waals surface area contributed by atoms with E-state index < -0.39 is 6.10 Å². The zero-order valence-corrected chi connectivity index (χ0v) is 11.7. The van der Waals surface area contributed by atoms with Gasteiger partial charge in [-0.2, -0.15) is 0 Å². The highest BCUT2D eigenvalue weighted by Gasteiger charge is 2.11. The molecule has 1 saturated heterocycles. The lowest BCUT2D eigenvalue weighted by atomic mass is 10.3. The maximum absolute atomic E-state index is 11.6. The summed E-state index contributed by atoms with van der Waals surface area (Å²) < 4.78 is 0. The molecule has 0 spiro atoms. The van der Waals surface area contributed by atoms with Crippen molar-refractivity contribution in [3.05, 3.63) is 0 Å². The second kappa shape index (κ2) is 8.32. The third-order valence-corrected chi connectivity index (χ3v) is 3.26. The first-order valence-electron chi connectivity index (χ1n) is 6.99. The van der Waals surface area contributed by atoms with Crippen molar-refractivity contribution in [2.24, 2.45) is 0 Å². The lowest BCUT2D eigenvalue weighted by molar-refractivity contribution is 0.144. The van der Waals surface area contributed by atoms with Crippen molar-refractivity contribution in [2.45, 2.75) is 38.7 Å². The number of likely N-dealkylation sites (N-methyl/N-ethyl adjacent to an activating group) is 1. The van der Waals surface area contributed by atoms with Gasteiger partial charge in [-0.15, -0.1) is 0 Å². The third kappa shape index (κ3) is 6.21. The molecule has 1 aliphatic rings. The van der Waals surface area contributed by atoms with Crippen molar-refractivity contribution in [3.8, 4) is 0 Å². The normalized spacial score (nSPS) is 17.7. The Bertz CT molecular complexity index is 240. The van der Waals surface area contributed by atoms with Crippen LogP contribution in [0.5, 0.6) is 0 Å². The van der Waals surface area contributed by atoms with Crippen molar-refractivity contribution >= 4 is 6.03 Å². The van der Waals surface area contributed by atoms with Gasteiger partial charge in [-0.05, 0) is 52.2 Å². The first kappa shape index (κ1) is 15.2. The molecule has 1 rings (SSSR count). The lowest BCUT2D eigenvalue weighted by Crippen LogP contribution is -2.41. The van der Waals surface area contributed by atoms with Crippen LogP contribution in [0.4, 0.5) is 4.79 Å². The molecule has 1 unspecified atom stereocenters. The van der Waals surface area contributed by atoms with Crippen LogP contribution in [0.25, 0.3) is 0 Å². The third-order valence-electron chi connectivity index (χ3n) is 3.26. The molecule has 5 heteroatoms. The van der Waals surface area contributed by atoms with Crippen LogP contribution in [0.2, 0.25) is 0 Å². The van der Waals surface area contributed by atoms with Crippen molar-refractivity contribution < 1.29 is 9.90 Å². The van der Waals surface area contributed by atoms with E-state index in [1.54, 1.807) is 14.0 Å². The Balaban J connectivity index is 1.97. The number of unbranched alkanes of at least 4 members (excludes halogenated alkanes) is 1. The van der Waals surface area contributed by atoms with Crippen LogP contribution >= 0.6 is 0 Å². The SMILES string of the molecule is CC(O)CN(C)C(=O)NCCCCN1CCCC1. The second-order valence-corrected chi connectivity index (χ2v) is 5.22. The summed E-state index contributed by atoms with van der Waals surface area (Å²) >= 11 is 0. The Morgan fingerprint density at radius 2 is 2.06 bits per heavy atom. The second-order valence-electron chi connectivity index (χ2n) is 5.22. The van der Waals surface area contributed by atoms with Gasteiger partial charge in [0.15, 0.2) is 0 Å². The highest BCUT2D eigenvalue weighted by molar-refractivity contribution is 5.73. The number of hydrogen-bond donors (Lipinski definition) is 2. The van der Waals surface area contributed by atoms with E-state index in [-0.39, 0.29) is 6.03 Å². The molecule has 1 aliphatic heterocycles. The molecule has 1 fully saturated rings. The number of nitrogens with zero attached hydrogens (tertiary/aromatic N) is 2. The average molecular weight is 257 g/mol. The van der Waals surface area contributed by atoms with Crippen molar-refractivity contribution in [2.75, 3.05) is 39.8 Å². The molecular formula is C13H27N3O2. The van der Waals surface area contributed by atoms with E-state index in [0.29, 0.717) is 6.54 Å². The van der Waals surface area contributed by atoms with E-state index >= 15 is 0 Å². The number of carbonyl (C=O) groups is 1. The van der Waals surface area contributed by atoms with Crippen LogP contribution < -0.4 is 5.32 Å². The predicted octanol–water partition coefficient (Wildman–Crippen LogP) is 0.885. The standard InChI is InChI=1S/C13H27N3O2/c1-12(17)11-15(2)13(18)14-7-3-4-8-16-9-5-6-10-16/h12,17H,3-11H2,1-2H3,(H,14,18). The monoisotopic (exact) mass is 257 g/mol. The van der Waals surface area contributed by atoms with E-state index in [1.807, 2.05) is 0 Å². The number of aliphatic hydroxyl groups is 1. The number of aliphatic hydroxyl groups excluding tert-OH is 1. The molecular weight excluding hydrogens is 230 g/mol. The molecule has 0 aromatic rings. The number of hydrogen-bond acceptors (Lipinski definition) is 3. The first-order chi connectivity index (χ1) is 8.59. The van der Waals surface area contributed by atoms with Gasteiger partial charge in [0.1, 0.15) is 0 Å². The molecule has 106 valence electrons. The fourth-order valence-corrected chi connectivity index (χ4v) is 2.28. The number of rotatable bonds is 7. The Labute approximate surface area is 110 Å². The van der Waals surface area contributed by atoms with E-state index in [9.17, 15) is 9.90 Å². The fourth-order valence-electron chi connectivity index (χ4n) is 2.28. The summed E-state index contributed by atoms with van der Waals surface area (Å²) in [6, 6.07) is -0.0999. The molecule has 0 aromatic carbocycles. The molecule has 1 heterocycles. The van der Waals surface area contributed by atoms with Crippen LogP contribution in [0, 0.1) is 0 Å². The molecule has 0 bridgehead atoms. The molecule has 0 saturated carbocycles. The summed E-state index contributed by atoms with van der Waals surface area (Å²) in [6.07, 6.45) is 4.35. The maximum atomic E-state index is 11.6. The topological polar surface area (TPSA) is 55.8 Å². The van der Waals surface area contributed by atoms with Gasteiger partial charge in [0, 0.05) is 20.1 Å². The Morgan fingerprint density at radius 1 is 1.39 bits per heavy atom. The zero-order valence-electron chi connectivity index (χ0n) is 11.7. The summed E-state index contributed by atoms with van der Waals surface area (Å²) in [5, 5.41) is 12.0. The fraction of sp³-hybridized carbons (Fsp3) is 0.923. The van der Waals surface area contributed by atoms with Gasteiger partial charge in [0.25, 0.3) is 0 Å². The van der Waals surface area contributed by atoms with E-state index in [1.165, 1.54) is 30.8 Å². The molecule has 0 radical (unpaired) electrons. The highest BCUT2D eigenvalue weighted by atomic mass is 16.3. The van der Waals surface area contributed by atoms with Gasteiger partial charge in [0.2, 0.25) is 0 Å². The minimum Gasteiger partial charge on any atom is -0.392 e. The van der Waals surface area contributed by atoms with Gasteiger partial charge in [-0.1, -0.05) is 0 Å². The first-order valence-corrected chi connectivity index (χ1v) is 6.99. The largest absolute Gasteiger partial charge is 0.392 e. The van der Waals surface area contributed by atoms with Crippen molar-refractivity contribution in [3.63, 3.8) is 0 Å². The molecule has 2 amide bonds. The minimum atomic E-state index is -0.476. The summed E-state index contributed by atoms with van der Waals surface area (Å²) in [7, 11) is 1.70. The Kier molecular flexibility index (Phi) is 7.05. The van der Waals surface area contributed by atoms with Gasteiger partial charge in [0.05, 0.1) is 6.10 Å². The molecule has 0 aromatic heterocycles. The number of likely N-dealkylation sites (tertiary alicyclic amines) is 1. The number of nitrogens with one attached hydrogen (secondary N) is 1. The van der Waals surface area contributed by atoms with Gasteiger partial charge < -0.3 is 20.2 Å². The summed E-state index contributed by atoms with van der Waals surface area (Å²) in [6.45, 7) is 6.41.